The fourth-order valence-electron chi connectivity index (χ4n) is 3.78. The standard InChI is InChI=1S/C23H17ClN6O2/c1-13(28-21-20-15(26-12-27-21)7-5-9-17(20)31)22-29-16-8-4-6-14(24)19(16)23(32)30(22)18-10-2-3-11-25-18/h2-6,8-13H,7H2,1H3,(H,26,27,28)/t13-/m0/s1. The molecule has 0 saturated heterocycles. The van der Waals surface area contributed by atoms with Crippen LogP contribution in [0.25, 0.3) is 16.7 Å². The van der Waals surface area contributed by atoms with Crippen LogP contribution in [0.15, 0.2) is 65.9 Å². The summed E-state index contributed by atoms with van der Waals surface area (Å²) in [5.41, 5.74) is 1.23. The molecule has 0 fully saturated rings. The molecule has 1 aliphatic rings. The minimum absolute atomic E-state index is 0.165. The number of benzene rings is 1. The molecule has 9 heteroatoms. The van der Waals surface area contributed by atoms with E-state index < -0.39 is 6.04 Å². The normalized spacial score (nSPS) is 13.8. The van der Waals surface area contributed by atoms with E-state index in [1.807, 2.05) is 6.92 Å². The van der Waals surface area contributed by atoms with Crippen LogP contribution in [-0.4, -0.2) is 30.3 Å². The number of aromatic nitrogens is 5. The molecule has 1 aliphatic carbocycles. The average Bonchev–Trinajstić information content (AvgIpc) is 2.79. The Morgan fingerprint density at radius 3 is 2.78 bits per heavy atom. The Morgan fingerprint density at radius 1 is 1.09 bits per heavy atom. The molecule has 3 aromatic heterocycles. The Labute approximate surface area is 187 Å². The number of hydrogen-bond acceptors (Lipinski definition) is 7. The lowest BCUT2D eigenvalue weighted by Gasteiger charge is -2.21. The first-order valence-corrected chi connectivity index (χ1v) is 10.4. The molecule has 1 N–H and O–H groups in total. The van der Waals surface area contributed by atoms with Crippen LogP contribution in [0.1, 0.15) is 34.8 Å². The van der Waals surface area contributed by atoms with Gasteiger partial charge in [-0.25, -0.2) is 24.5 Å². The molecule has 0 spiro atoms. The highest BCUT2D eigenvalue weighted by Crippen LogP contribution is 2.27. The number of carbonyl (C=O) groups is 1. The molecule has 8 nitrogen and oxygen atoms in total. The van der Waals surface area contributed by atoms with Crippen molar-refractivity contribution in [2.45, 2.75) is 19.4 Å². The maximum atomic E-state index is 13.5. The first kappa shape index (κ1) is 20.0. The summed E-state index contributed by atoms with van der Waals surface area (Å²) in [6, 6.07) is 9.93. The number of nitrogens with zero attached hydrogens (tertiary/aromatic N) is 5. The summed E-state index contributed by atoms with van der Waals surface area (Å²) < 4.78 is 1.43. The van der Waals surface area contributed by atoms with Crippen molar-refractivity contribution in [1.82, 2.24) is 24.5 Å². The second-order valence-electron chi connectivity index (χ2n) is 7.31. The van der Waals surface area contributed by atoms with Gasteiger partial charge in [-0.2, -0.15) is 0 Å². The van der Waals surface area contributed by atoms with Gasteiger partial charge in [0.15, 0.2) is 5.78 Å². The number of nitrogens with one attached hydrogen (secondary N) is 1. The van der Waals surface area contributed by atoms with Crippen LogP contribution >= 0.6 is 11.6 Å². The van der Waals surface area contributed by atoms with Crippen molar-refractivity contribution in [3.63, 3.8) is 0 Å². The number of halogens is 1. The van der Waals surface area contributed by atoms with Crippen LogP contribution in [-0.2, 0) is 6.42 Å². The van der Waals surface area contributed by atoms with E-state index in [0.29, 0.717) is 51.1 Å². The number of fused-ring (bicyclic) bond motifs is 2. The predicted octanol–water partition coefficient (Wildman–Crippen LogP) is 3.69. The Morgan fingerprint density at radius 2 is 1.97 bits per heavy atom. The average molecular weight is 445 g/mol. The lowest BCUT2D eigenvalue weighted by molar-refractivity contribution is 0.104. The molecule has 5 rings (SSSR count). The van der Waals surface area contributed by atoms with Crippen LogP contribution in [0.5, 0.6) is 0 Å². The predicted molar refractivity (Wildman–Crippen MR) is 121 cm³/mol. The summed E-state index contributed by atoms with van der Waals surface area (Å²) in [6.45, 7) is 1.84. The first-order chi connectivity index (χ1) is 15.5. The van der Waals surface area contributed by atoms with Gasteiger partial charge in [0.1, 0.15) is 23.8 Å². The Bertz CT molecular complexity index is 1450. The second-order valence-corrected chi connectivity index (χ2v) is 7.72. The van der Waals surface area contributed by atoms with Gasteiger partial charge < -0.3 is 5.32 Å². The largest absolute Gasteiger partial charge is 0.360 e. The molecular weight excluding hydrogens is 428 g/mol. The van der Waals surface area contributed by atoms with E-state index in [1.165, 1.54) is 17.0 Å². The lowest BCUT2D eigenvalue weighted by atomic mass is 10.0. The summed E-state index contributed by atoms with van der Waals surface area (Å²) in [4.78, 5) is 43.5. The lowest BCUT2D eigenvalue weighted by Crippen LogP contribution is -2.28. The zero-order chi connectivity index (χ0) is 22.2. The van der Waals surface area contributed by atoms with Crippen molar-refractivity contribution >= 4 is 34.1 Å². The summed E-state index contributed by atoms with van der Waals surface area (Å²) in [5, 5.41) is 3.88. The third-order valence-electron chi connectivity index (χ3n) is 5.24. The van der Waals surface area contributed by atoms with Gasteiger partial charge in [-0.15, -0.1) is 0 Å². The minimum atomic E-state index is -0.495. The van der Waals surface area contributed by atoms with Crippen molar-refractivity contribution in [1.29, 1.82) is 0 Å². The highest BCUT2D eigenvalue weighted by molar-refractivity contribution is 6.35. The molecule has 0 unspecified atom stereocenters. The van der Waals surface area contributed by atoms with Gasteiger partial charge in [-0.05, 0) is 37.3 Å². The molecule has 0 radical (unpaired) electrons. The van der Waals surface area contributed by atoms with Gasteiger partial charge in [0.2, 0.25) is 0 Å². The summed E-state index contributed by atoms with van der Waals surface area (Å²) in [7, 11) is 0. The van der Waals surface area contributed by atoms with E-state index >= 15 is 0 Å². The molecule has 32 heavy (non-hydrogen) atoms. The highest BCUT2D eigenvalue weighted by Gasteiger charge is 2.24. The topological polar surface area (TPSA) is 103 Å². The zero-order valence-electron chi connectivity index (χ0n) is 17.0. The van der Waals surface area contributed by atoms with Crippen LogP contribution in [0, 0.1) is 0 Å². The van der Waals surface area contributed by atoms with Crippen molar-refractivity contribution < 1.29 is 4.79 Å². The van der Waals surface area contributed by atoms with Crippen molar-refractivity contribution in [2.24, 2.45) is 0 Å². The van der Waals surface area contributed by atoms with E-state index in [-0.39, 0.29) is 11.3 Å². The SMILES string of the molecule is C[C@H](Nc1ncnc2c1C(=O)C=CC2)c1nc2cccc(Cl)c2c(=O)n1-c1ccccn1. The monoisotopic (exact) mass is 444 g/mol. The van der Waals surface area contributed by atoms with Gasteiger partial charge in [-0.3, -0.25) is 9.59 Å². The van der Waals surface area contributed by atoms with Crippen LogP contribution < -0.4 is 10.9 Å². The molecule has 0 saturated carbocycles. The number of allylic oxidation sites excluding steroid dienone is 2. The smallest absolute Gasteiger partial charge is 0.268 e. The van der Waals surface area contributed by atoms with Gasteiger partial charge in [0, 0.05) is 12.6 Å². The molecular formula is C23H17ClN6O2. The first-order valence-electron chi connectivity index (χ1n) is 9.98. The number of rotatable bonds is 4. The van der Waals surface area contributed by atoms with E-state index in [9.17, 15) is 9.59 Å². The molecule has 3 heterocycles. The fourth-order valence-corrected chi connectivity index (χ4v) is 4.03. The summed E-state index contributed by atoms with van der Waals surface area (Å²) >= 11 is 6.33. The van der Waals surface area contributed by atoms with Crippen molar-refractivity contribution in [3.05, 3.63) is 93.5 Å². The maximum absolute atomic E-state index is 13.5. The molecule has 1 atom stereocenters. The number of pyridine rings is 1. The van der Waals surface area contributed by atoms with Gasteiger partial charge >= 0.3 is 0 Å². The van der Waals surface area contributed by atoms with E-state index in [1.54, 1.807) is 48.7 Å². The van der Waals surface area contributed by atoms with Gasteiger partial charge in [0.25, 0.3) is 5.56 Å². The minimum Gasteiger partial charge on any atom is -0.360 e. The number of anilines is 1. The Hall–Kier alpha value is -3.91. The fraction of sp³-hybridized carbons (Fsp3) is 0.130. The van der Waals surface area contributed by atoms with E-state index in [0.717, 1.165) is 0 Å². The molecule has 1 aromatic carbocycles. The van der Waals surface area contributed by atoms with Crippen LogP contribution in [0.3, 0.4) is 0 Å². The van der Waals surface area contributed by atoms with Crippen molar-refractivity contribution in [3.8, 4) is 5.82 Å². The molecule has 0 amide bonds. The molecule has 0 bridgehead atoms. The Kier molecular flexibility index (Phi) is 4.99. The molecule has 4 aromatic rings. The number of ketones is 1. The summed E-state index contributed by atoms with van der Waals surface area (Å²) in [5.74, 6) is 1.06. The summed E-state index contributed by atoms with van der Waals surface area (Å²) in [6.07, 6.45) is 6.86. The number of carbonyl (C=O) groups excluding carboxylic acids is 1. The number of hydrogen-bond donors (Lipinski definition) is 1. The van der Waals surface area contributed by atoms with E-state index in [2.05, 4.69) is 20.3 Å². The second kappa shape index (κ2) is 7.97. The third-order valence-corrected chi connectivity index (χ3v) is 5.56. The van der Waals surface area contributed by atoms with Gasteiger partial charge in [0.05, 0.1) is 33.2 Å². The van der Waals surface area contributed by atoms with E-state index in [4.69, 9.17) is 16.6 Å². The molecule has 158 valence electrons. The quantitative estimate of drug-likeness (QED) is 0.512. The molecule has 0 aliphatic heterocycles. The zero-order valence-corrected chi connectivity index (χ0v) is 17.7. The third kappa shape index (κ3) is 3.34. The van der Waals surface area contributed by atoms with Crippen molar-refractivity contribution in [2.75, 3.05) is 5.32 Å². The Balaban J connectivity index is 1.68. The highest BCUT2D eigenvalue weighted by atomic mass is 35.5. The van der Waals surface area contributed by atoms with Crippen LogP contribution in [0.4, 0.5) is 5.82 Å². The maximum Gasteiger partial charge on any atom is 0.268 e. The van der Waals surface area contributed by atoms with Gasteiger partial charge in [-0.1, -0.05) is 29.8 Å². The van der Waals surface area contributed by atoms with Crippen LogP contribution in [0.2, 0.25) is 5.02 Å².